The SMILES string of the molecule is N#CCC(=O)C1(CO)CC1. The average Bonchev–Trinajstić information content (AvgIpc) is 2.68. The molecule has 0 aromatic rings. The second kappa shape index (κ2) is 2.39. The molecule has 0 atom stereocenters. The van der Waals surface area contributed by atoms with Gasteiger partial charge in [0.2, 0.25) is 0 Å². The molecule has 1 N–H and O–H groups in total. The molecule has 1 aliphatic carbocycles. The average molecular weight is 139 g/mol. The molecular formula is C7H9NO2. The largest absolute Gasteiger partial charge is 0.395 e. The van der Waals surface area contributed by atoms with Crippen LogP contribution in [-0.2, 0) is 4.79 Å². The van der Waals surface area contributed by atoms with Crippen molar-refractivity contribution in [3.8, 4) is 6.07 Å². The summed E-state index contributed by atoms with van der Waals surface area (Å²) in [5, 5.41) is 16.9. The predicted molar refractivity (Wildman–Crippen MR) is 34.0 cm³/mol. The van der Waals surface area contributed by atoms with Gasteiger partial charge in [0, 0.05) is 0 Å². The number of Topliss-reactive ketones (excluding diaryl/α,β-unsaturated/α-hetero) is 1. The molecule has 1 aliphatic rings. The molecule has 0 unspecified atom stereocenters. The van der Waals surface area contributed by atoms with Gasteiger partial charge in [-0.15, -0.1) is 0 Å². The molecule has 3 heteroatoms. The molecule has 0 aromatic heterocycles. The lowest BCUT2D eigenvalue weighted by Crippen LogP contribution is -2.18. The smallest absolute Gasteiger partial charge is 0.155 e. The van der Waals surface area contributed by atoms with E-state index in [2.05, 4.69) is 0 Å². The molecule has 1 saturated carbocycles. The number of ketones is 1. The number of aliphatic hydroxyl groups is 1. The lowest BCUT2D eigenvalue weighted by atomic mass is 10.0. The molecule has 0 aromatic carbocycles. The summed E-state index contributed by atoms with van der Waals surface area (Å²) in [6.07, 6.45) is 1.45. The zero-order chi connectivity index (χ0) is 7.61. The molecule has 54 valence electrons. The zero-order valence-electron chi connectivity index (χ0n) is 5.63. The zero-order valence-corrected chi connectivity index (χ0v) is 5.63. The molecule has 0 radical (unpaired) electrons. The van der Waals surface area contributed by atoms with Gasteiger partial charge < -0.3 is 5.11 Å². The van der Waals surface area contributed by atoms with Crippen LogP contribution in [0.25, 0.3) is 0 Å². The van der Waals surface area contributed by atoms with E-state index in [1.807, 2.05) is 0 Å². The van der Waals surface area contributed by atoms with Gasteiger partial charge in [-0.2, -0.15) is 5.26 Å². The third-order valence-corrected chi connectivity index (χ3v) is 1.99. The third-order valence-electron chi connectivity index (χ3n) is 1.99. The number of carbonyl (C=O) groups excluding carboxylic acids is 1. The van der Waals surface area contributed by atoms with Crippen molar-refractivity contribution in [1.29, 1.82) is 5.26 Å². The quantitative estimate of drug-likeness (QED) is 0.609. The Hall–Kier alpha value is -0.880. The Morgan fingerprint density at radius 2 is 2.30 bits per heavy atom. The minimum atomic E-state index is -0.504. The maximum atomic E-state index is 11.0. The van der Waals surface area contributed by atoms with Gasteiger partial charge in [-0.3, -0.25) is 4.79 Å². The van der Waals surface area contributed by atoms with Crippen molar-refractivity contribution in [2.75, 3.05) is 6.61 Å². The Bertz CT molecular complexity index is 188. The highest BCUT2D eigenvalue weighted by Crippen LogP contribution is 2.46. The van der Waals surface area contributed by atoms with Gasteiger partial charge in [0.05, 0.1) is 24.5 Å². The molecule has 0 bridgehead atoms. The van der Waals surface area contributed by atoms with Crippen LogP contribution in [0.5, 0.6) is 0 Å². The molecular weight excluding hydrogens is 130 g/mol. The van der Waals surface area contributed by atoms with Gasteiger partial charge in [-0.25, -0.2) is 0 Å². The topological polar surface area (TPSA) is 61.1 Å². The van der Waals surface area contributed by atoms with Crippen molar-refractivity contribution >= 4 is 5.78 Å². The maximum absolute atomic E-state index is 11.0. The molecule has 1 rings (SSSR count). The lowest BCUT2D eigenvalue weighted by molar-refractivity contribution is -0.124. The molecule has 0 heterocycles. The third kappa shape index (κ3) is 1.03. The Kier molecular flexibility index (Phi) is 1.73. The van der Waals surface area contributed by atoms with Crippen LogP contribution in [-0.4, -0.2) is 17.5 Å². The maximum Gasteiger partial charge on any atom is 0.155 e. The monoisotopic (exact) mass is 139 g/mol. The fourth-order valence-corrected chi connectivity index (χ4v) is 0.935. The number of nitriles is 1. The normalized spacial score (nSPS) is 19.6. The van der Waals surface area contributed by atoms with E-state index in [1.54, 1.807) is 6.07 Å². The van der Waals surface area contributed by atoms with E-state index in [1.165, 1.54) is 0 Å². The Labute approximate surface area is 59.3 Å². The molecule has 3 nitrogen and oxygen atoms in total. The highest BCUT2D eigenvalue weighted by atomic mass is 16.3. The number of aliphatic hydroxyl groups excluding tert-OH is 1. The van der Waals surface area contributed by atoms with Gasteiger partial charge >= 0.3 is 0 Å². The fourth-order valence-electron chi connectivity index (χ4n) is 0.935. The first-order valence-electron chi connectivity index (χ1n) is 3.26. The van der Waals surface area contributed by atoms with Crippen molar-refractivity contribution in [1.82, 2.24) is 0 Å². The Morgan fingerprint density at radius 3 is 2.60 bits per heavy atom. The summed E-state index contributed by atoms with van der Waals surface area (Å²) < 4.78 is 0. The minimum Gasteiger partial charge on any atom is -0.395 e. The van der Waals surface area contributed by atoms with Gasteiger partial charge in [0.25, 0.3) is 0 Å². The molecule has 1 fully saturated rings. The number of hydrogen-bond acceptors (Lipinski definition) is 3. The van der Waals surface area contributed by atoms with E-state index in [4.69, 9.17) is 10.4 Å². The second-order valence-electron chi connectivity index (χ2n) is 2.70. The summed E-state index contributed by atoms with van der Waals surface area (Å²) in [7, 11) is 0. The first kappa shape index (κ1) is 7.23. The summed E-state index contributed by atoms with van der Waals surface area (Å²) in [6, 6.07) is 1.79. The number of nitrogens with zero attached hydrogens (tertiary/aromatic N) is 1. The van der Waals surface area contributed by atoms with E-state index in [-0.39, 0.29) is 18.8 Å². The van der Waals surface area contributed by atoms with Crippen LogP contribution in [0.4, 0.5) is 0 Å². The summed E-state index contributed by atoms with van der Waals surface area (Å²) in [5.41, 5.74) is -0.504. The van der Waals surface area contributed by atoms with Crippen molar-refractivity contribution in [2.45, 2.75) is 19.3 Å². The van der Waals surface area contributed by atoms with Crippen molar-refractivity contribution in [2.24, 2.45) is 5.41 Å². The Morgan fingerprint density at radius 1 is 1.70 bits per heavy atom. The van der Waals surface area contributed by atoms with E-state index in [0.29, 0.717) is 0 Å². The summed E-state index contributed by atoms with van der Waals surface area (Å²) >= 11 is 0. The Balaban J connectivity index is 2.50. The van der Waals surface area contributed by atoms with Crippen LogP contribution in [0, 0.1) is 16.7 Å². The van der Waals surface area contributed by atoms with E-state index < -0.39 is 5.41 Å². The standard InChI is InChI=1S/C7H9NO2/c8-4-1-6(10)7(5-9)2-3-7/h9H,1-3,5H2. The summed E-state index contributed by atoms with van der Waals surface area (Å²) in [4.78, 5) is 11.0. The second-order valence-corrected chi connectivity index (χ2v) is 2.70. The minimum absolute atomic E-state index is 0.0550. The first-order valence-corrected chi connectivity index (χ1v) is 3.26. The molecule has 0 aliphatic heterocycles. The van der Waals surface area contributed by atoms with Gasteiger partial charge in [0.15, 0.2) is 5.78 Å². The van der Waals surface area contributed by atoms with Gasteiger partial charge in [0.1, 0.15) is 0 Å². The van der Waals surface area contributed by atoms with E-state index >= 15 is 0 Å². The summed E-state index contributed by atoms with van der Waals surface area (Å²) in [5.74, 6) is -0.0995. The van der Waals surface area contributed by atoms with Crippen LogP contribution in [0.2, 0.25) is 0 Å². The molecule has 0 amide bonds. The number of hydrogen-bond donors (Lipinski definition) is 1. The molecule has 0 saturated heterocycles. The van der Waals surface area contributed by atoms with Crippen LogP contribution in [0.3, 0.4) is 0 Å². The molecule has 10 heavy (non-hydrogen) atoms. The predicted octanol–water partition coefficient (Wildman–Crippen LogP) is 0.242. The van der Waals surface area contributed by atoms with Crippen molar-refractivity contribution in [3.63, 3.8) is 0 Å². The van der Waals surface area contributed by atoms with Crippen LogP contribution >= 0.6 is 0 Å². The highest BCUT2D eigenvalue weighted by Gasteiger charge is 2.48. The van der Waals surface area contributed by atoms with Crippen LogP contribution < -0.4 is 0 Å². The van der Waals surface area contributed by atoms with E-state index in [9.17, 15) is 4.79 Å². The van der Waals surface area contributed by atoms with Crippen molar-refractivity contribution in [3.05, 3.63) is 0 Å². The van der Waals surface area contributed by atoms with Gasteiger partial charge in [-0.1, -0.05) is 0 Å². The summed E-state index contributed by atoms with van der Waals surface area (Å²) in [6.45, 7) is -0.0898. The van der Waals surface area contributed by atoms with Crippen LogP contribution in [0.1, 0.15) is 19.3 Å². The van der Waals surface area contributed by atoms with E-state index in [0.717, 1.165) is 12.8 Å². The van der Waals surface area contributed by atoms with Crippen molar-refractivity contribution < 1.29 is 9.90 Å². The van der Waals surface area contributed by atoms with Crippen LogP contribution in [0.15, 0.2) is 0 Å². The number of carbonyl (C=O) groups is 1. The first-order chi connectivity index (χ1) is 4.75. The molecule has 0 spiro atoms. The highest BCUT2D eigenvalue weighted by molar-refractivity contribution is 5.88. The lowest BCUT2D eigenvalue weighted by Gasteiger charge is -2.05. The number of rotatable bonds is 3. The fraction of sp³-hybridized carbons (Fsp3) is 0.714. The van der Waals surface area contributed by atoms with Gasteiger partial charge in [-0.05, 0) is 12.8 Å².